The normalized spacial score (nSPS) is 19.6. The SMILES string of the molecule is C=CCOCC1CO1.C[SiH](C)CC[Si](C)(C)C.C[Si](C)(C)CC[Si](C)(C)CCCOCC1CO1. The Hall–Kier alpha value is 0.448. The molecular weight excluding hydrogens is 489 g/mol. The monoisotopic (exact) mass is 548 g/mol. The van der Waals surface area contributed by atoms with E-state index in [2.05, 4.69) is 72.0 Å². The zero-order chi connectivity index (χ0) is 26.3. The number of epoxide rings is 2. The van der Waals surface area contributed by atoms with E-state index in [1.54, 1.807) is 18.2 Å². The molecule has 0 spiro atoms. The Morgan fingerprint density at radius 1 is 0.794 bits per heavy atom. The van der Waals surface area contributed by atoms with Gasteiger partial charge in [0.1, 0.15) is 12.2 Å². The van der Waals surface area contributed by atoms with Crippen molar-refractivity contribution in [1.82, 2.24) is 0 Å². The molecule has 2 saturated heterocycles. The minimum Gasteiger partial charge on any atom is -0.379 e. The third-order valence-corrected chi connectivity index (χ3v) is 15.2. The average Bonchev–Trinajstić information content (AvgIpc) is 3.60. The van der Waals surface area contributed by atoms with E-state index in [9.17, 15) is 0 Å². The topological polar surface area (TPSA) is 43.5 Å². The van der Waals surface area contributed by atoms with Gasteiger partial charge in [-0.2, -0.15) is 0 Å². The van der Waals surface area contributed by atoms with Crippen LogP contribution >= 0.6 is 0 Å². The first-order valence-electron chi connectivity index (χ1n) is 13.6. The number of hydrogen-bond acceptors (Lipinski definition) is 4. The lowest BCUT2D eigenvalue weighted by atomic mass is 10.5. The van der Waals surface area contributed by atoms with Crippen molar-refractivity contribution in [2.24, 2.45) is 0 Å². The van der Waals surface area contributed by atoms with Gasteiger partial charge >= 0.3 is 0 Å². The van der Waals surface area contributed by atoms with Crippen molar-refractivity contribution in [3.05, 3.63) is 12.7 Å². The molecule has 204 valence electrons. The van der Waals surface area contributed by atoms with E-state index in [1.165, 1.54) is 24.6 Å². The molecule has 2 aliphatic heterocycles. The van der Waals surface area contributed by atoms with Gasteiger partial charge in [0.25, 0.3) is 0 Å². The van der Waals surface area contributed by atoms with E-state index in [4.69, 9.17) is 18.9 Å². The van der Waals surface area contributed by atoms with Gasteiger partial charge in [0.15, 0.2) is 0 Å². The van der Waals surface area contributed by atoms with Crippen LogP contribution in [0, 0.1) is 0 Å². The molecule has 0 amide bonds. The first kappa shape index (κ1) is 34.4. The number of hydrogen-bond donors (Lipinski definition) is 0. The fraction of sp³-hybridized carbons (Fsp3) is 0.923. The van der Waals surface area contributed by atoms with Crippen LogP contribution in [0.4, 0.5) is 0 Å². The van der Waals surface area contributed by atoms with Crippen LogP contribution in [0.2, 0.25) is 95.7 Å². The van der Waals surface area contributed by atoms with Crippen molar-refractivity contribution in [3.8, 4) is 0 Å². The van der Waals surface area contributed by atoms with Crippen LogP contribution in [0.15, 0.2) is 12.7 Å². The van der Waals surface area contributed by atoms with Gasteiger partial charge in [-0.1, -0.05) is 102 Å². The summed E-state index contributed by atoms with van der Waals surface area (Å²) >= 11 is 0. The second kappa shape index (κ2) is 17.8. The molecule has 2 unspecified atom stereocenters. The van der Waals surface area contributed by atoms with Crippen LogP contribution < -0.4 is 0 Å². The van der Waals surface area contributed by atoms with Crippen molar-refractivity contribution in [2.75, 3.05) is 39.6 Å². The van der Waals surface area contributed by atoms with Gasteiger partial charge in [-0.05, 0) is 6.42 Å². The molecule has 34 heavy (non-hydrogen) atoms. The minimum atomic E-state index is -0.951. The zero-order valence-corrected chi connectivity index (χ0v) is 28.8. The van der Waals surface area contributed by atoms with Crippen LogP contribution in [0.1, 0.15) is 6.42 Å². The predicted octanol–water partition coefficient (Wildman–Crippen LogP) is 7.24. The van der Waals surface area contributed by atoms with Crippen molar-refractivity contribution >= 4 is 33.0 Å². The standard InChI is InChI=1S/C13H30O2Si2.C7H20Si2.C6H10O2/c1-16(2,3)9-10-17(4,5)8-6-7-14-11-13-12-15-13;1-8(2)6-7-9(3,4)5;1-2-3-7-4-6-5-8-6/h13H,6-12H2,1-5H3;8H,6-7H2,1-5H3;2,6H,1,3-5H2. The highest BCUT2D eigenvalue weighted by atomic mass is 28.3. The molecule has 2 atom stereocenters. The summed E-state index contributed by atoms with van der Waals surface area (Å²) in [7, 11) is -2.71. The lowest BCUT2D eigenvalue weighted by Gasteiger charge is -2.26. The third kappa shape index (κ3) is 28.7. The quantitative estimate of drug-likeness (QED) is 0.0882. The fourth-order valence-corrected chi connectivity index (χ4v) is 15.9. The summed E-state index contributed by atoms with van der Waals surface area (Å²) in [5.74, 6) is 0. The summed E-state index contributed by atoms with van der Waals surface area (Å²) in [6, 6.07) is 7.55. The molecule has 0 bridgehead atoms. The molecule has 2 fully saturated rings. The Morgan fingerprint density at radius 3 is 1.68 bits per heavy atom. The Kier molecular flexibility index (Phi) is 18.1. The second-order valence-electron chi connectivity index (χ2n) is 13.6. The second-order valence-corrected chi connectivity index (χ2v) is 33.6. The molecule has 0 radical (unpaired) electrons. The molecule has 0 aromatic rings. The molecule has 8 heteroatoms. The minimum absolute atomic E-state index is 0.236. The van der Waals surface area contributed by atoms with Crippen LogP contribution in [0.5, 0.6) is 0 Å². The van der Waals surface area contributed by atoms with Gasteiger partial charge in [0.05, 0.1) is 33.0 Å². The predicted molar refractivity (Wildman–Crippen MR) is 163 cm³/mol. The van der Waals surface area contributed by atoms with E-state index in [0.29, 0.717) is 18.8 Å². The first-order chi connectivity index (χ1) is 15.6. The third-order valence-electron chi connectivity index (χ3n) is 5.81. The van der Waals surface area contributed by atoms with E-state index in [1.807, 2.05) is 0 Å². The smallest absolute Gasteiger partial charge is 0.104 e. The van der Waals surface area contributed by atoms with Crippen molar-refractivity contribution in [3.63, 3.8) is 0 Å². The molecule has 0 aliphatic carbocycles. The van der Waals surface area contributed by atoms with Gasteiger partial charge in [0, 0.05) is 39.6 Å². The largest absolute Gasteiger partial charge is 0.379 e. The van der Waals surface area contributed by atoms with E-state index < -0.39 is 24.2 Å². The van der Waals surface area contributed by atoms with Crippen molar-refractivity contribution < 1.29 is 18.9 Å². The maximum atomic E-state index is 5.60. The number of rotatable bonds is 16. The molecule has 2 aliphatic rings. The molecule has 0 aromatic carbocycles. The Labute approximate surface area is 218 Å². The van der Waals surface area contributed by atoms with Gasteiger partial charge in [-0.15, -0.1) is 6.58 Å². The van der Waals surface area contributed by atoms with E-state index >= 15 is 0 Å². The van der Waals surface area contributed by atoms with Crippen LogP contribution in [0.25, 0.3) is 0 Å². The molecule has 0 aromatic heterocycles. The van der Waals surface area contributed by atoms with Gasteiger partial charge in [-0.3, -0.25) is 0 Å². The van der Waals surface area contributed by atoms with E-state index in [0.717, 1.165) is 33.0 Å². The molecule has 2 rings (SSSR count). The maximum Gasteiger partial charge on any atom is 0.104 e. The van der Waals surface area contributed by atoms with Crippen LogP contribution in [-0.4, -0.2) is 84.9 Å². The molecule has 4 nitrogen and oxygen atoms in total. The van der Waals surface area contributed by atoms with Gasteiger partial charge < -0.3 is 18.9 Å². The van der Waals surface area contributed by atoms with Crippen LogP contribution in [-0.2, 0) is 18.9 Å². The fourth-order valence-electron chi connectivity index (χ4n) is 3.04. The van der Waals surface area contributed by atoms with E-state index in [-0.39, 0.29) is 8.80 Å². The van der Waals surface area contributed by atoms with Gasteiger partial charge in [0.2, 0.25) is 0 Å². The maximum absolute atomic E-state index is 5.60. The summed E-state index contributed by atoms with van der Waals surface area (Å²) in [5, 5.41) is 0. The highest BCUT2D eigenvalue weighted by Gasteiger charge is 2.25. The zero-order valence-electron chi connectivity index (χ0n) is 24.6. The summed E-state index contributed by atoms with van der Waals surface area (Å²) in [6.07, 6.45) is 3.79. The van der Waals surface area contributed by atoms with Crippen molar-refractivity contribution in [1.29, 1.82) is 0 Å². The van der Waals surface area contributed by atoms with Crippen LogP contribution in [0.3, 0.4) is 0 Å². The molecule has 0 saturated carbocycles. The number of ether oxygens (including phenoxy) is 4. The average molecular weight is 549 g/mol. The highest BCUT2D eigenvalue weighted by molar-refractivity contribution is 6.82. The van der Waals surface area contributed by atoms with Crippen molar-refractivity contribution in [2.45, 2.75) is 114 Å². The lowest BCUT2D eigenvalue weighted by molar-refractivity contribution is 0.117. The summed E-state index contributed by atoms with van der Waals surface area (Å²) in [4.78, 5) is 0. The Bertz CT molecular complexity index is 508. The Balaban J connectivity index is 0.000000537. The first-order valence-corrected chi connectivity index (χ1v) is 27.6. The van der Waals surface area contributed by atoms with Gasteiger partial charge in [-0.25, -0.2) is 0 Å². The lowest BCUT2D eigenvalue weighted by Crippen LogP contribution is -2.30. The molecular formula is C26H60O4Si4. The summed E-state index contributed by atoms with van der Waals surface area (Å²) < 4.78 is 20.7. The summed E-state index contributed by atoms with van der Waals surface area (Å²) in [5.41, 5.74) is 0. The molecule has 0 N–H and O–H groups in total. The highest BCUT2D eigenvalue weighted by Crippen LogP contribution is 2.24. The summed E-state index contributed by atoms with van der Waals surface area (Å²) in [6.45, 7) is 33.2. The molecule has 2 heterocycles. The Morgan fingerprint density at radius 2 is 1.29 bits per heavy atom.